The van der Waals surface area contributed by atoms with E-state index in [0.717, 1.165) is 12.8 Å². The Labute approximate surface area is 49.7 Å². The molecule has 8 heavy (non-hydrogen) atoms. The van der Waals surface area contributed by atoms with Crippen molar-refractivity contribution in [1.29, 1.82) is 0 Å². The summed E-state index contributed by atoms with van der Waals surface area (Å²) in [5.74, 6) is 1.66. The van der Waals surface area contributed by atoms with Crippen LogP contribution in [0.1, 0.15) is 19.8 Å². The molecule has 44 valence electrons. The Morgan fingerprint density at radius 1 is 1.62 bits per heavy atom. The Kier molecular flexibility index (Phi) is 5.56. The van der Waals surface area contributed by atoms with Crippen molar-refractivity contribution in [3.05, 3.63) is 18.2 Å². The van der Waals surface area contributed by atoms with Crippen molar-refractivity contribution >= 4 is 5.94 Å². The molecule has 0 spiro atoms. The van der Waals surface area contributed by atoms with E-state index < -0.39 is 0 Å². The maximum Gasteiger partial charge on any atom is 0.124 e. The van der Waals surface area contributed by atoms with Crippen LogP contribution in [0.25, 0.3) is 0 Å². The van der Waals surface area contributed by atoms with Gasteiger partial charge < -0.3 is 0 Å². The van der Waals surface area contributed by atoms with Gasteiger partial charge in [-0.1, -0.05) is 25.5 Å². The molecule has 0 fully saturated rings. The summed E-state index contributed by atoms with van der Waals surface area (Å²) in [5, 5.41) is 0. The molecule has 0 saturated heterocycles. The summed E-state index contributed by atoms with van der Waals surface area (Å²) >= 11 is 0. The maximum atomic E-state index is 9.54. The minimum atomic E-state index is 1.04. The third kappa shape index (κ3) is 5.19. The van der Waals surface area contributed by atoms with Gasteiger partial charge in [-0.3, -0.25) is 0 Å². The van der Waals surface area contributed by atoms with Crippen molar-refractivity contribution < 1.29 is 4.79 Å². The van der Waals surface area contributed by atoms with Crippen molar-refractivity contribution in [3.8, 4) is 0 Å². The van der Waals surface area contributed by atoms with Gasteiger partial charge in [0, 0.05) is 6.08 Å². The highest BCUT2D eigenvalue weighted by Gasteiger charge is 1.67. The number of carbonyl (C=O) groups excluding carboxylic acids is 1. The molecule has 0 aliphatic rings. The predicted octanol–water partition coefficient (Wildman–Crippen LogP) is 1.73. The summed E-state index contributed by atoms with van der Waals surface area (Å²) in [7, 11) is 0. The number of hydrogen-bond donors (Lipinski definition) is 0. The normalized spacial score (nSPS) is 9.12. The lowest BCUT2D eigenvalue weighted by Crippen LogP contribution is -1.58. The first kappa shape index (κ1) is 7.19. The highest BCUT2D eigenvalue weighted by molar-refractivity contribution is 5.48. The van der Waals surface area contributed by atoms with Crippen LogP contribution in [0.2, 0.25) is 0 Å². The second-order valence-electron chi connectivity index (χ2n) is 1.50. The first-order valence-electron chi connectivity index (χ1n) is 2.77. The van der Waals surface area contributed by atoms with Gasteiger partial charge in [0.15, 0.2) is 0 Å². The van der Waals surface area contributed by atoms with Crippen molar-refractivity contribution in [2.45, 2.75) is 19.8 Å². The number of unbranched alkanes of at least 4 members (excludes halogenated alkanes) is 1. The summed E-state index contributed by atoms with van der Waals surface area (Å²) < 4.78 is 0. The fraction of sp³-hybridized carbons (Fsp3) is 0.429. The second kappa shape index (κ2) is 6.19. The van der Waals surface area contributed by atoms with E-state index in [1.54, 1.807) is 12.0 Å². The quantitative estimate of drug-likeness (QED) is 0.399. The van der Waals surface area contributed by atoms with Crippen LogP contribution in [0.4, 0.5) is 0 Å². The molecule has 1 nitrogen and oxygen atoms in total. The minimum Gasteiger partial charge on any atom is -0.234 e. The van der Waals surface area contributed by atoms with E-state index in [0.29, 0.717) is 0 Å². The van der Waals surface area contributed by atoms with E-state index in [-0.39, 0.29) is 0 Å². The SMILES string of the molecule is CCC/C=C/C=C=O. The number of allylic oxidation sites excluding steroid dienone is 3. The standard InChI is InChI=1S/C7H10O/c1-2-3-4-5-6-7-8/h4-6H,2-3H2,1H3/b5-4+. The van der Waals surface area contributed by atoms with Gasteiger partial charge in [0.05, 0.1) is 0 Å². The predicted molar refractivity (Wildman–Crippen MR) is 34.3 cm³/mol. The largest absolute Gasteiger partial charge is 0.234 e. The monoisotopic (exact) mass is 110 g/mol. The Balaban J connectivity index is 3.20. The van der Waals surface area contributed by atoms with E-state index in [1.807, 2.05) is 6.08 Å². The molecule has 0 atom stereocenters. The number of hydrogen-bond acceptors (Lipinski definition) is 1. The smallest absolute Gasteiger partial charge is 0.124 e. The average molecular weight is 110 g/mol. The van der Waals surface area contributed by atoms with E-state index >= 15 is 0 Å². The van der Waals surface area contributed by atoms with Gasteiger partial charge in [-0.05, 0) is 6.42 Å². The molecule has 0 aliphatic carbocycles. The zero-order valence-corrected chi connectivity index (χ0v) is 5.05. The van der Waals surface area contributed by atoms with Crippen LogP contribution in [-0.4, -0.2) is 5.94 Å². The zero-order valence-electron chi connectivity index (χ0n) is 5.05. The molecule has 0 radical (unpaired) electrons. The Bertz CT molecular complexity index is 108. The van der Waals surface area contributed by atoms with Crippen LogP contribution in [0.5, 0.6) is 0 Å². The molecule has 0 aliphatic heterocycles. The van der Waals surface area contributed by atoms with Crippen LogP contribution in [0, 0.1) is 0 Å². The van der Waals surface area contributed by atoms with Gasteiger partial charge in [0.2, 0.25) is 0 Å². The van der Waals surface area contributed by atoms with Gasteiger partial charge >= 0.3 is 0 Å². The van der Waals surface area contributed by atoms with E-state index in [1.165, 1.54) is 6.08 Å². The van der Waals surface area contributed by atoms with Crippen LogP contribution >= 0.6 is 0 Å². The average Bonchev–Trinajstić information content (AvgIpc) is 1.81. The molecule has 0 heterocycles. The molecule has 0 aromatic heterocycles. The van der Waals surface area contributed by atoms with Gasteiger partial charge in [-0.25, -0.2) is 4.79 Å². The Morgan fingerprint density at radius 3 is 2.88 bits per heavy atom. The summed E-state index contributed by atoms with van der Waals surface area (Å²) in [4.78, 5) is 9.54. The lowest BCUT2D eigenvalue weighted by Gasteiger charge is -1.76. The highest BCUT2D eigenvalue weighted by Crippen LogP contribution is 1.86. The maximum absolute atomic E-state index is 9.54. The molecule has 0 rings (SSSR count). The van der Waals surface area contributed by atoms with E-state index in [9.17, 15) is 4.79 Å². The lowest BCUT2D eigenvalue weighted by atomic mass is 10.3. The van der Waals surface area contributed by atoms with Crippen molar-refractivity contribution in [3.63, 3.8) is 0 Å². The van der Waals surface area contributed by atoms with Gasteiger partial charge in [-0.2, -0.15) is 0 Å². The molecule has 0 saturated carbocycles. The Morgan fingerprint density at radius 2 is 2.38 bits per heavy atom. The lowest BCUT2D eigenvalue weighted by molar-refractivity contribution is 0.569. The minimum absolute atomic E-state index is 1.04. The summed E-state index contributed by atoms with van der Waals surface area (Å²) in [6.45, 7) is 2.09. The van der Waals surface area contributed by atoms with Crippen molar-refractivity contribution in [1.82, 2.24) is 0 Å². The fourth-order valence-electron chi connectivity index (χ4n) is 0.370. The van der Waals surface area contributed by atoms with Crippen molar-refractivity contribution in [2.24, 2.45) is 0 Å². The molecular formula is C7H10O. The van der Waals surface area contributed by atoms with Crippen LogP contribution in [0.15, 0.2) is 18.2 Å². The van der Waals surface area contributed by atoms with Crippen LogP contribution in [-0.2, 0) is 4.79 Å². The zero-order chi connectivity index (χ0) is 6.24. The van der Waals surface area contributed by atoms with E-state index in [2.05, 4.69) is 6.92 Å². The van der Waals surface area contributed by atoms with Crippen LogP contribution < -0.4 is 0 Å². The van der Waals surface area contributed by atoms with Crippen LogP contribution in [0.3, 0.4) is 0 Å². The van der Waals surface area contributed by atoms with Crippen molar-refractivity contribution in [2.75, 3.05) is 0 Å². The summed E-state index contributed by atoms with van der Waals surface area (Å²) in [5.41, 5.74) is 0. The topological polar surface area (TPSA) is 17.1 Å². The second-order valence-corrected chi connectivity index (χ2v) is 1.50. The molecule has 0 N–H and O–H groups in total. The molecule has 0 amide bonds. The molecule has 0 aromatic rings. The molecule has 0 bridgehead atoms. The molecule has 0 unspecified atom stereocenters. The van der Waals surface area contributed by atoms with Gasteiger partial charge in [0.25, 0.3) is 0 Å². The first-order chi connectivity index (χ1) is 3.91. The molecular weight excluding hydrogens is 100 g/mol. The molecule has 1 heteroatoms. The molecule has 0 aromatic carbocycles. The Hall–Kier alpha value is -0.810. The third-order valence-corrected chi connectivity index (χ3v) is 0.756. The van der Waals surface area contributed by atoms with Gasteiger partial charge in [0.1, 0.15) is 5.94 Å². The summed E-state index contributed by atoms with van der Waals surface area (Å²) in [6, 6.07) is 0. The first-order valence-corrected chi connectivity index (χ1v) is 2.77. The van der Waals surface area contributed by atoms with E-state index in [4.69, 9.17) is 0 Å². The summed E-state index contributed by atoms with van der Waals surface area (Å²) in [6.07, 6.45) is 7.21. The number of rotatable bonds is 3. The third-order valence-electron chi connectivity index (χ3n) is 0.756. The van der Waals surface area contributed by atoms with Gasteiger partial charge in [-0.15, -0.1) is 0 Å². The fourth-order valence-corrected chi connectivity index (χ4v) is 0.370. The highest BCUT2D eigenvalue weighted by atomic mass is 16.1.